The highest BCUT2D eigenvalue weighted by Crippen LogP contribution is 2.54. The molecule has 4 rings (SSSR count). The van der Waals surface area contributed by atoms with Crippen LogP contribution in [0.3, 0.4) is 0 Å². The highest BCUT2D eigenvalue weighted by atomic mass is 14.5. The first-order valence-corrected chi connectivity index (χ1v) is 5.43. The van der Waals surface area contributed by atoms with Crippen LogP contribution in [0.1, 0.15) is 44.9 Å². The van der Waals surface area contributed by atoms with Gasteiger partial charge in [-0.15, -0.1) is 0 Å². The summed E-state index contributed by atoms with van der Waals surface area (Å²) in [4.78, 5) is 0. The summed E-state index contributed by atoms with van der Waals surface area (Å²) in [5.41, 5.74) is 0. The lowest BCUT2D eigenvalue weighted by Crippen LogP contribution is -2.40. The number of hydrogen-bond acceptors (Lipinski definition) is 0. The topological polar surface area (TPSA) is 0 Å². The van der Waals surface area contributed by atoms with Crippen molar-refractivity contribution in [2.45, 2.75) is 44.9 Å². The van der Waals surface area contributed by atoms with Crippen LogP contribution in [-0.2, 0) is 0 Å². The van der Waals surface area contributed by atoms with Crippen LogP contribution in [0.15, 0.2) is 0 Å². The fraction of sp³-hybridized carbons (Fsp3) is 1.00. The van der Waals surface area contributed by atoms with Crippen LogP contribution >= 0.6 is 0 Å². The zero-order valence-corrected chi connectivity index (χ0v) is 7.26. The second kappa shape index (κ2) is 2.24. The Morgan fingerprint density at radius 3 is 2.00 bits per heavy atom. The SMILES string of the molecule is C1C[C@H]2CC3CCC2[C@@H](C1)C3. The molecule has 0 aromatic heterocycles. The van der Waals surface area contributed by atoms with Crippen molar-refractivity contribution in [3.05, 3.63) is 0 Å². The first kappa shape index (κ1) is 6.51. The Kier molecular flexibility index (Phi) is 1.33. The largest absolute Gasteiger partial charge is 0.0528 e. The fourth-order valence-electron chi connectivity index (χ4n) is 4.13. The molecule has 0 aromatic carbocycles. The molecule has 0 spiro atoms. The lowest BCUT2D eigenvalue weighted by Gasteiger charge is -2.51. The monoisotopic (exact) mass is 150 g/mol. The minimum absolute atomic E-state index is 1.16. The van der Waals surface area contributed by atoms with E-state index in [0.29, 0.717) is 0 Å². The lowest BCUT2D eigenvalue weighted by atomic mass is 9.55. The minimum Gasteiger partial charge on any atom is -0.0528 e. The van der Waals surface area contributed by atoms with E-state index in [9.17, 15) is 0 Å². The van der Waals surface area contributed by atoms with Crippen LogP contribution < -0.4 is 0 Å². The van der Waals surface area contributed by atoms with Gasteiger partial charge in [0, 0.05) is 0 Å². The summed E-state index contributed by atoms with van der Waals surface area (Å²) < 4.78 is 0. The van der Waals surface area contributed by atoms with Crippen molar-refractivity contribution in [1.29, 1.82) is 0 Å². The second-order valence-corrected chi connectivity index (χ2v) is 5.03. The van der Waals surface area contributed by atoms with E-state index in [4.69, 9.17) is 0 Å². The molecule has 4 saturated carbocycles. The molecular weight excluding hydrogens is 132 g/mol. The summed E-state index contributed by atoms with van der Waals surface area (Å²) in [6.45, 7) is 0. The van der Waals surface area contributed by atoms with Gasteiger partial charge in [0.05, 0.1) is 0 Å². The Morgan fingerprint density at radius 1 is 0.727 bits per heavy atom. The molecule has 11 heavy (non-hydrogen) atoms. The molecule has 0 nitrogen and oxygen atoms in total. The third-order valence-corrected chi connectivity index (χ3v) is 4.54. The summed E-state index contributed by atoms with van der Waals surface area (Å²) in [7, 11) is 0. The Hall–Kier alpha value is 0. The molecule has 0 heteroatoms. The first-order valence-electron chi connectivity index (χ1n) is 5.43. The summed E-state index contributed by atoms with van der Waals surface area (Å²) in [6.07, 6.45) is 11.1. The van der Waals surface area contributed by atoms with E-state index in [1.807, 2.05) is 0 Å². The van der Waals surface area contributed by atoms with Gasteiger partial charge in [-0.1, -0.05) is 25.7 Å². The molecule has 62 valence electrons. The molecule has 0 N–H and O–H groups in total. The predicted octanol–water partition coefficient (Wildman–Crippen LogP) is 3.22. The zero-order valence-electron chi connectivity index (χ0n) is 7.26. The fourth-order valence-corrected chi connectivity index (χ4v) is 4.13. The highest BCUT2D eigenvalue weighted by molar-refractivity contribution is 4.94. The Balaban J connectivity index is 1.88. The van der Waals surface area contributed by atoms with Gasteiger partial charge >= 0.3 is 0 Å². The maximum Gasteiger partial charge on any atom is -0.0357 e. The van der Waals surface area contributed by atoms with Gasteiger partial charge in [0.15, 0.2) is 0 Å². The van der Waals surface area contributed by atoms with Gasteiger partial charge in [-0.05, 0) is 42.9 Å². The quantitative estimate of drug-likeness (QED) is 0.497. The molecule has 4 aliphatic carbocycles. The molecule has 0 saturated heterocycles. The van der Waals surface area contributed by atoms with E-state index >= 15 is 0 Å². The van der Waals surface area contributed by atoms with Crippen LogP contribution in [0.5, 0.6) is 0 Å². The highest BCUT2D eigenvalue weighted by Gasteiger charge is 2.43. The van der Waals surface area contributed by atoms with Crippen molar-refractivity contribution >= 4 is 0 Å². The van der Waals surface area contributed by atoms with E-state index < -0.39 is 0 Å². The predicted molar refractivity (Wildman–Crippen MR) is 46.3 cm³/mol. The third-order valence-electron chi connectivity index (χ3n) is 4.54. The summed E-state index contributed by atoms with van der Waals surface area (Å²) in [6, 6.07) is 0. The molecule has 2 atom stereocenters. The lowest BCUT2D eigenvalue weighted by molar-refractivity contribution is -0.000719. The number of fused-ring (bicyclic) bond motifs is 1. The number of hydrogen-bond donors (Lipinski definition) is 0. The van der Waals surface area contributed by atoms with Crippen LogP contribution in [0.4, 0.5) is 0 Å². The molecule has 0 aliphatic heterocycles. The molecule has 4 fully saturated rings. The molecule has 0 amide bonds. The van der Waals surface area contributed by atoms with Crippen LogP contribution in [0.25, 0.3) is 0 Å². The van der Waals surface area contributed by atoms with Gasteiger partial charge in [0.1, 0.15) is 0 Å². The van der Waals surface area contributed by atoms with Crippen molar-refractivity contribution in [1.82, 2.24) is 0 Å². The summed E-state index contributed by atoms with van der Waals surface area (Å²) in [5.74, 6) is 4.71. The van der Waals surface area contributed by atoms with Gasteiger partial charge in [0.25, 0.3) is 0 Å². The maximum atomic E-state index is 1.61. The van der Waals surface area contributed by atoms with E-state index in [-0.39, 0.29) is 0 Å². The summed E-state index contributed by atoms with van der Waals surface area (Å²) >= 11 is 0. The summed E-state index contributed by atoms with van der Waals surface area (Å²) in [5, 5.41) is 0. The minimum atomic E-state index is 1.16. The van der Waals surface area contributed by atoms with Gasteiger partial charge < -0.3 is 0 Å². The van der Waals surface area contributed by atoms with E-state index in [0.717, 1.165) is 5.92 Å². The molecule has 0 unspecified atom stereocenters. The van der Waals surface area contributed by atoms with Crippen molar-refractivity contribution in [2.24, 2.45) is 23.7 Å². The number of rotatable bonds is 0. The first-order chi connectivity index (χ1) is 5.43. The Morgan fingerprint density at radius 2 is 1.45 bits per heavy atom. The average molecular weight is 150 g/mol. The molecule has 0 radical (unpaired) electrons. The molecule has 0 heterocycles. The van der Waals surface area contributed by atoms with E-state index in [2.05, 4.69) is 0 Å². The van der Waals surface area contributed by atoms with E-state index in [1.54, 1.807) is 44.9 Å². The molecular formula is C11H18. The van der Waals surface area contributed by atoms with Crippen molar-refractivity contribution in [3.63, 3.8) is 0 Å². The maximum absolute atomic E-state index is 1.61. The van der Waals surface area contributed by atoms with Crippen molar-refractivity contribution in [3.8, 4) is 0 Å². The van der Waals surface area contributed by atoms with Crippen molar-refractivity contribution in [2.75, 3.05) is 0 Å². The standard InChI is InChI=1S/C11H18/c1-2-9-6-8-4-5-11(9)10(3-1)7-8/h8-11H,1-7H2/t8?,9-,10-,11?/m0/s1. The Labute approximate surface area is 69.4 Å². The Bertz CT molecular complexity index is 147. The average Bonchev–Trinajstić information content (AvgIpc) is 2.05. The molecule has 4 bridgehead atoms. The van der Waals surface area contributed by atoms with Gasteiger partial charge in [-0.25, -0.2) is 0 Å². The van der Waals surface area contributed by atoms with Crippen LogP contribution in [-0.4, -0.2) is 0 Å². The third kappa shape index (κ3) is 0.878. The van der Waals surface area contributed by atoms with Gasteiger partial charge in [-0.2, -0.15) is 0 Å². The van der Waals surface area contributed by atoms with E-state index in [1.165, 1.54) is 17.8 Å². The van der Waals surface area contributed by atoms with Crippen molar-refractivity contribution < 1.29 is 0 Å². The molecule has 4 aliphatic rings. The smallest absolute Gasteiger partial charge is 0.0357 e. The van der Waals surface area contributed by atoms with Crippen LogP contribution in [0, 0.1) is 23.7 Å². The normalized spacial score (nSPS) is 54.5. The van der Waals surface area contributed by atoms with Gasteiger partial charge in [-0.3, -0.25) is 0 Å². The van der Waals surface area contributed by atoms with Gasteiger partial charge in [0.2, 0.25) is 0 Å². The van der Waals surface area contributed by atoms with Crippen LogP contribution in [0.2, 0.25) is 0 Å². The molecule has 0 aromatic rings. The zero-order chi connectivity index (χ0) is 7.26. The second-order valence-electron chi connectivity index (χ2n) is 5.03.